The number of aromatic nitrogens is 2. The van der Waals surface area contributed by atoms with Crippen molar-refractivity contribution in [3.8, 4) is 5.75 Å². The quantitative estimate of drug-likeness (QED) is 0.256. The van der Waals surface area contributed by atoms with Gasteiger partial charge in [0.1, 0.15) is 5.82 Å². The molecule has 3 aromatic rings. The number of H-pyrrole nitrogens is 1. The van der Waals surface area contributed by atoms with E-state index < -0.39 is 12.1 Å². The van der Waals surface area contributed by atoms with Gasteiger partial charge in [-0.1, -0.05) is 6.07 Å². The number of nitrogens with one attached hydrogen (secondary N) is 4. The van der Waals surface area contributed by atoms with E-state index in [0.717, 1.165) is 25.7 Å². The second-order valence-corrected chi connectivity index (χ2v) is 9.97. The first kappa shape index (κ1) is 31.3. The first-order valence-electron chi connectivity index (χ1n) is 13.4. The number of alkyl halides is 3. The molecule has 0 bridgehead atoms. The number of pyridine rings is 2. The molecule has 0 spiro atoms. The fraction of sp³-hybridized carbons (Fsp3) is 0.393. The van der Waals surface area contributed by atoms with Crippen LogP contribution in [0.1, 0.15) is 36.0 Å². The lowest BCUT2D eigenvalue weighted by Crippen LogP contribution is -2.32. The van der Waals surface area contributed by atoms with E-state index in [1.807, 2.05) is 0 Å². The van der Waals surface area contributed by atoms with E-state index in [2.05, 4.69) is 25.9 Å². The van der Waals surface area contributed by atoms with Gasteiger partial charge in [0, 0.05) is 37.9 Å². The average molecular weight is 606 g/mol. The molecule has 1 aliphatic heterocycles. The third-order valence-electron chi connectivity index (χ3n) is 6.80. The predicted molar refractivity (Wildman–Crippen MR) is 150 cm³/mol. The smallest absolute Gasteiger partial charge is 0.490 e. The highest BCUT2D eigenvalue weighted by atomic mass is 19.4. The van der Waals surface area contributed by atoms with Gasteiger partial charge in [-0.15, -0.1) is 0 Å². The van der Waals surface area contributed by atoms with Crippen LogP contribution in [0.15, 0.2) is 41.3 Å². The van der Waals surface area contributed by atoms with E-state index in [4.69, 9.17) is 19.4 Å². The lowest BCUT2D eigenvalue weighted by Gasteiger charge is -2.22. The minimum absolute atomic E-state index is 0.00880. The summed E-state index contributed by atoms with van der Waals surface area (Å²) in [5.74, 6) is -1.99. The van der Waals surface area contributed by atoms with Crippen molar-refractivity contribution in [1.29, 1.82) is 0 Å². The summed E-state index contributed by atoms with van der Waals surface area (Å²) in [5.41, 5.74) is 1.42. The number of methoxy groups -OCH3 is 1. The van der Waals surface area contributed by atoms with E-state index in [1.54, 1.807) is 30.3 Å². The van der Waals surface area contributed by atoms with Crippen molar-refractivity contribution in [2.75, 3.05) is 37.5 Å². The number of aliphatic carboxylic acids is 1. The Hall–Kier alpha value is -4.66. The zero-order chi connectivity index (χ0) is 31.1. The third-order valence-corrected chi connectivity index (χ3v) is 6.80. The number of rotatable bonds is 8. The van der Waals surface area contributed by atoms with Crippen LogP contribution in [0.25, 0.3) is 10.9 Å². The number of amides is 2. The zero-order valence-electron chi connectivity index (χ0n) is 23.0. The number of benzene rings is 1. The molecule has 1 saturated heterocycles. The molecule has 0 atom stereocenters. The number of ether oxygens (including phenoxy) is 2. The third kappa shape index (κ3) is 8.22. The molecule has 1 aliphatic carbocycles. The number of carbonyl (C=O) groups is 3. The highest BCUT2D eigenvalue weighted by Crippen LogP contribution is 2.35. The highest BCUT2D eigenvalue weighted by Gasteiger charge is 2.38. The van der Waals surface area contributed by atoms with Crippen molar-refractivity contribution in [1.82, 2.24) is 15.3 Å². The van der Waals surface area contributed by atoms with Crippen molar-refractivity contribution in [3.05, 3.63) is 52.4 Å². The maximum atomic E-state index is 13.0. The number of aromatic amines is 1. The molecule has 12 nitrogen and oxygen atoms in total. The van der Waals surface area contributed by atoms with Crippen LogP contribution < -0.4 is 26.2 Å². The van der Waals surface area contributed by atoms with E-state index in [1.165, 1.54) is 13.3 Å². The molecule has 5 N–H and O–H groups in total. The minimum atomic E-state index is -5.08. The Morgan fingerprint density at radius 3 is 2.44 bits per heavy atom. The fourth-order valence-electron chi connectivity index (χ4n) is 4.39. The van der Waals surface area contributed by atoms with Crippen molar-refractivity contribution in [3.63, 3.8) is 0 Å². The summed E-state index contributed by atoms with van der Waals surface area (Å²) < 4.78 is 42.7. The number of halogens is 3. The second kappa shape index (κ2) is 13.5. The van der Waals surface area contributed by atoms with Crippen molar-refractivity contribution in [2.24, 2.45) is 11.8 Å². The van der Waals surface area contributed by atoms with Gasteiger partial charge in [0.2, 0.25) is 5.91 Å². The summed E-state index contributed by atoms with van der Waals surface area (Å²) in [6, 6.07) is 8.50. The number of nitrogens with zero attached hydrogens (tertiary/aromatic N) is 1. The van der Waals surface area contributed by atoms with Crippen molar-refractivity contribution in [2.45, 2.75) is 31.9 Å². The summed E-state index contributed by atoms with van der Waals surface area (Å²) in [6.07, 6.45) is -0.00194. The molecule has 5 rings (SSSR count). The first-order chi connectivity index (χ1) is 20.5. The molecule has 0 radical (unpaired) electrons. The van der Waals surface area contributed by atoms with E-state index in [0.29, 0.717) is 65.1 Å². The van der Waals surface area contributed by atoms with Gasteiger partial charge >= 0.3 is 12.1 Å². The van der Waals surface area contributed by atoms with Crippen LogP contribution in [-0.2, 0) is 14.3 Å². The summed E-state index contributed by atoms with van der Waals surface area (Å²) >= 11 is 0. The number of anilines is 3. The molecule has 15 heteroatoms. The molecule has 2 fully saturated rings. The van der Waals surface area contributed by atoms with Crippen LogP contribution in [0.4, 0.5) is 30.4 Å². The Morgan fingerprint density at radius 1 is 1.12 bits per heavy atom. The van der Waals surface area contributed by atoms with Crippen LogP contribution in [-0.4, -0.2) is 65.9 Å². The van der Waals surface area contributed by atoms with Gasteiger partial charge in [-0.3, -0.25) is 14.4 Å². The predicted octanol–water partition coefficient (Wildman–Crippen LogP) is 3.81. The second-order valence-electron chi connectivity index (χ2n) is 9.97. The fourth-order valence-corrected chi connectivity index (χ4v) is 4.39. The first-order valence-corrected chi connectivity index (χ1v) is 13.4. The number of carboxylic acids is 1. The topological polar surface area (TPSA) is 172 Å². The lowest BCUT2D eigenvalue weighted by atomic mass is 10.0. The number of carbonyl (C=O) groups excluding carboxylic acids is 2. The van der Waals surface area contributed by atoms with E-state index in [-0.39, 0.29) is 23.3 Å². The Labute approximate surface area is 243 Å². The van der Waals surface area contributed by atoms with E-state index in [9.17, 15) is 27.6 Å². The van der Waals surface area contributed by atoms with Crippen molar-refractivity contribution >= 4 is 45.9 Å². The van der Waals surface area contributed by atoms with Gasteiger partial charge in [-0.05, 0) is 49.8 Å². The Kier molecular flexibility index (Phi) is 9.85. The molecule has 43 heavy (non-hydrogen) atoms. The summed E-state index contributed by atoms with van der Waals surface area (Å²) in [4.78, 5) is 54.0. The molecule has 0 unspecified atom stereocenters. The number of para-hydroxylation sites is 1. The monoisotopic (exact) mass is 605 g/mol. The lowest BCUT2D eigenvalue weighted by molar-refractivity contribution is -0.192. The van der Waals surface area contributed by atoms with Gasteiger partial charge in [-0.2, -0.15) is 13.2 Å². The Bertz CT molecular complexity index is 1550. The highest BCUT2D eigenvalue weighted by molar-refractivity contribution is 6.01. The van der Waals surface area contributed by atoms with Gasteiger partial charge < -0.3 is 35.5 Å². The maximum Gasteiger partial charge on any atom is 0.490 e. The van der Waals surface area contributed by atoms with Gasteiger partial charge in [0.15, 0.2) is 5.75 Å². The summed E-state index contributed by atoms with van der Waals surface area (Å²) in [7, 11) is 1.49. The summed E-state index contributed by atoms with van der Waals surface area (Å²) in [5, 5.41) is 16.5. The van der Waals surface area contributed by atoms with Crippen LogP contribution in [0.5, 0.6) is 5.75 Å². The Balaban J connectivity index is 0.000000541. The molecular formula is C28H30F3N5O7. The van der Waals surface area contributed by atoms with Gasteiger partial charge in [0.05, 0.1) is 35.0 Å². The molecule has 2 amide bonds. The van der Waals surface area contributed by atoms with Crippen LogP contribution >= 0.6 is 0 Å². The standard InChI is InChI=1S/C26H29N5O5.C2HF3O2/c1-35-23-17(25(33)28-14-15-8-11-36-12-9-15)3-2-4-19(23)29-20-13-21(31-24(32)16-5-6-16)30-18-7-10-27-26(34)22(18)20;3-2(4,5)1(6)7/h2-4,7,10,13,15-16H,5-6,8-9,11-12,14H2,1H3,(H,27,34)(H,28,33)(H2,29,30,31,32);(H,6,7). The van der Waals surface area contributed by atoms with Crippen LogP contribution in [0, 0.1) is 11.8 Å². The van der Waals surface area contributed by atoms with E-state index >= 15 is 0 Å². The SMILES string of the molecule is COc1c(Nc2cc(NC(=O)C3CC3)nc3cc[nH]c(=O)c23)cccc1C(=O)NCC1CCOCC1.O=C(O)C(F)(F)F. The number of fused-ring (bicyclic) bond motifs is 1. The minimum Gasteiger partial charge on any atom is -0.494 e. The molecule has 2 aliphatic rings. The molecule has 1 aromatic carbocycles. The Morgan fingerprint density at radius 2 is 1.81 bits per heavy atom. The molecule has 3 heterocycles. The van der Waals surface area contributed by atoms with Gasteiger partial charge in [-0.25, -0.2) is 9.78 Å². The average Bonchev–Trinajstić information content (AvgIpc) is 3.82. The zero-order valence-corrected chi connectivity index (χ0v) is 23.0. The molecular weight excluding hydrogens is 575 g/mol. The molecule has 2 aromatic heterocycles. The van der Waals surface area contributed by atoms with Crippen molar-refractivity contribution < 1.29 is 42.1 Å². The van der Waals surface area contributed by atoms with Crippen LogP contribution in [0.3, 0.4) is 0 Å². The molecule has 230 valence electrons. The normalized spacial score (nSPS) is 15.2. The largest absolute Gasteiger partial charge is 0.494 e. The van der Waals surface area contributed by atoms with Crippen LogP contribution in [0.2, 0.25) is 0 Å². The number of carboxylic acid groups (broad SMARTS) is 1. The van der Waals surface area contributed by atoms with Gasteiger partial charge in [0.25, 0.3) is 11.5 Å². The molecule has 1 saturated carbocycles. The number of hydrogen-bond acceptors (Lipinski definition) is 8. The summed E-state index contributed by atoms with van der Waals surface area (Å²) in [6.45, 7) is 1.99. The maximum absolute atomic E-state index is 13.0. The number of hydrogen-bond donors (Lipinski definition) is 5.